The number of hydrogen-bond donors (Lipinski definition) is 3. The number of carbonyl (C=O) groups is 3. The van der Waals surface area contributed by atoms with Crippen LogP contribution in [0.15, 0.2) is 53.2 Å². The molecule has 2 aromatic heterocycles. The van der Waals surface area contributed by atoms with E-state index in [0.717, 1.165) is 22.5 Å². The fourth-order valence-corrected chi connectivity index (χ4v) is 5.81. The van der Waals surface area contributed by atoms with Crippen molar-refractivity contribution in [2.45, 2.75) is 57.4 Å². The number of aliphatic carboxylic acids is 1. The lowest BCUT2D eigenvalue weighted by molar-refractivity contribution is -0.137. The zero-order chi connectivity index (χ0) is 27.0. The second-order valence-corrected chi connectivity index (χ2v) is 11.1. The topological polar surface area (TPSA) is 117 Å². The van der Waals surface area contributed by atoms with Crippen molar-refractivity contribution >= 4 is 41.0 Å². The summed E-state index contributed by atoms with van der Waals surface area (Å²) >= 11 is 3.18. The van der Waals surface area contributed by atoms with E-state index >= 15 is 0 Å². The Morgan fingerprint density at radius 3 is 2.37 bits per heavy atom. The summed E-state index contributed by atoms with van der Waals surface area (Å²) in [6.07, 6.45) is 2.42. The van der Waals surface area contributed by atoms with E-state index in [-0.39, 0.29) is 13.2 Å². The first-order valence-corrected chi connectivity index (χ1v) is 14.1. The van der Waals surface area contributed by atoms with E-state index in [4.69, 9.17) is 9.47 Å². The number of fused-ring (bicyclic) bond motifs is 1. The molecular formula is C27H31N3O6S2. The molecule has 0 radical (unpaired) electrons. The Labute approximate surface area is 229 Å². The smallest absolute Gasteiger partial charge is 0.317 e. The maximum Gasteiger partial charge on any atom is 0.317 e. The molecule has 202 valence electrons. The van der Waals surface area contributed by atoms with Crippen molar-refractivity contribution in [2.24, 2.45) is 0 Å². The molecule has 3 aromatic rings. The van der Waals surface area contributed by atoms with Crippen LogP contribution in [-0.2, 0) is 22.7 Å². The summed E-state index contributed by atoms with van der Waals surface area (Å²) in [4.78, 5) is 42.0. The first-order valence-electron chi connectivity index (χ1n) is 12.4. The van der Waals surface area contributed by atoms with Gasteiger partial charge in [-0.2, -0.15) is 0 Å². The van der Waals surface area contributed by atoms with Gasteiger partial charge in [0.05, 0.1) is 12.5 Å². The molecule has 0 spiro atoms. The molecule has 1 aliphatic heterocycles. The first kappa shape index (κ1) is 27.6. The quantitative estimate of drug-likeness (QED) is 0.186. The maximum atomic E-state index is 13.4. The molecule has 1 aromatic carbocycles. The molecule has 3 N–H and O–H groups in total. The molecule has 0 saturated heterocycles. The van der Waals surface area contributed by atoms with Crippen LogP contribution < -0.4 is 20.1 Å². The van der Waals surface area contributed by atoms with E-state index in [9.17, 15) is 19.5 Å². The zero-order valence-corrected chi connectivity index (χ0v) is 22.7. The molecule has 3 heterocycles. The largest absolute Gasteiger partial charge is 0.481 e. The Kier molecular flexibility index (Phi) is 9.38. The number of carboxylic acid groups (broad SMARTS) is 1. The third-order valence-electron chi connectivity index (χ3n) is 6.34. The van der Waals surface area contributed by atoms with Crippen molar-refractivity contribution in [1.82, 2.24) is 15.5 Å². The van der Waals surface area contributed by atoms with Gasteiger partial charge in [0.15, 0.2) is 23.4 Å². The van der Waals surface area contributed by atoms with Gasteiger partial charge in [-0.3, -0.25) is 14.5 Å². The summed E-state index contributed by atoms with van der Waals surface area (Å²) in [6.45, 7) is 3.05. The van der Waals surface area contributed by atoms with E-state index in [1.807, 2.05) is 46.8 Å². The molecule has 0 saturated carbocycles. The van der Waals surface area contributed by atoms with E-state index in [0.29, 0.717) is 43.0 Å². The Morgan fingerprint density at radius 2 is 1.79 bits per heavy atom. The second-order valence-electron chi connectivity index (χ2n) is 9.02. The highest BCUT2D eigenvalue weighted by Gasteiger charge is 2.39. The number of carbonyl (C=O) groups excluding carboxylic acids is 2. The van der Waals surface area contributed by atoms with E-state index < -0.39 is 23.7 Å². The zero-order valence-electron chi connectivity index (χ0n) is 21.1. The normalized spacial score (nSPS) is 14.6. The number of nitrogens with zero attached hydrogens (tertiary/aromatic N) is 1. The van der Waals surface area contributed by atoms with Crippen LogP contribution in [0.25, 0.3) is 0 Å². The van der Waals surface area contributed by atoms with Crippen molar-refractivity contribution < 1.29 is 29.0 Å². The fourth-order valence-electron chi connectivity index (χ4n) is 4.38. The number of unbranched alkanes of at least 4 members (excludes halogenated alkanes) is 1. The molecule has 11 heteroatoms. The summed E-state index contributed by atoms with van der Waals surface area (Å²) in [5.74, 6) is -0.0226. The highest BCUT2D eigenvalue weighted by molar-refractivity contribution is 7.10. The van der Waals surface area contributed by atoms with E-state index in [1.165, 1.54) is 0 Å². The Bertz CT molecular complexity index is 1180. The third-order valence-corrected chi connectivity index (χ3v) is 8.06. The number of ether oxygens (including phenoxy) is 2. The summed E-state index contributed by atoms with van der Waals surface area (Å²) in [5.41, 5.74) is -0.734. The molecule has 0 unspecified atom stereocenters. The lowest BCUT2D eigenvalue weighted by Crippen LogP contribution is -2.63. The number of amides is 2. The van der Waals surface area contributed by atoms with Gasteiger partial charge in [-0.1, -0.05) is 31.5 Å². The van der Waals surface area contributed by atoms with Crippen molar-refractivity contribution in [3.63, 3.8) is 0 Å². The fraction of sp³-hybridized carbons (Fsp3) is 0.370. The van der Waals surface area contributed by atoms with Gasteiger partial charge in [0.25, 0.3) is 0 Å². The van der Waals surface area contributed by atoms with Gasteiger partial charge in [0, 0.05) is 22.8 Å². The van der Waals surface area contributed by atoms with Crippen LogP contribution in [-0.4, -0.2) is 40.7 Å². The van der Waals surface area contributed by atoms with Crippen LogP contribution in [0.4, 0.5) is 4.79 Å². The number of nitrogens with one attached hydrogen (secondary N) is 2. The molecule has 0 bridgehead atoms. The third kappa shape index (κ3) is 6.91. The lowest BCUT2D eigenvalue weighted by Gasteiger charge is -2.40. The van der Waals surface area contributed by atoms with Crippen LogP contribution in [0.2, 0.25) is 0 Å². The SMILES string of the molecule is CCCC[C@](C=O)(NC(=O)N[C@H](CC(=O)O)c1ccc2c(c1)OCO2)N(Cc1cccs1)Cc1cccs1. The first-order chi connectivity index (χ1) is 18.4. The standard InChI is InChI=1S/C27H31N3O6S2/c1-2-3-10-27(17-31,30(15-20-6-4-11-37-20)16-21-7-5-12-38-21)29-26(34)28-22(14-25(32)33)19-8-9-23-24(13-19)36-18-35-23/h4-9,11-13,17,22H,2-3,10,14-16,18H2,1H3,(H,32,33)(H2,28,29,34)/t22-,27+/m1/s1. The predicted molar refractivity (Wildman–Crippen MR) is 145 cm³/mol. The van der Waals surface area contributed by atoms with Gasteiger partial charge >= 0.3 is 12.0 Å². The number of hydrogen-bond acceptors (Lipinski definition) is 8. The minimum Gasteiger partial charge on any atom is -0.481 e. The van der Waals surface area contributed by atoms with Crippen LogP contribution in [0, 0.1) is 0 Å². The van der Waals surface area contributed by atoms with Crippen molar-refractivity contribution in [3.05, 3.63) is 68.5 Å². The molecular weight excluding hydrogens is 526 g/mol. The molecule has 0 fully saturated rings. The summed E-state index contributed by atoms with van der Waals surface area (Å²) < 4.78 is 10.8. The summed E-state index contributed by atoms with van der Waals surface area (Å²) in [6, 6.07) is 11.5. The number of carboxylic acids is 1. The van der Waals surface area contributed by atoms with Crippen molar-refractivity contribution in [3.8, 4) is 11.5 Å². The minimum atomic E-state index is -1.29. The van der Waals surface area contributed by atoms with E-state index in [2.05, 4.69) is 10.6 Å². The maximum absolute atomic E-state index is 13.4. The number of urea groups is 1. The van der Waals surface area contributed by atoms with Crippen LogP contribution in [0.5, 0.6) is 11.5 Å². The Morgan fingerprint density at radius 1 is 1.11 bits per heavy atom. The van der Waals surface area contributed by atoms with Gasteiger partial charge in [-0.15, -0.1) is 22.7 Å². The number of benzene rings is 1. The minimum absolute atomic E-state index is 0.0832. The molecule has 0 aliphatic carbocycles. The molecule has 9 nitrogen and oxygen atoms in total. The van der Waals surface area contributed by atoms with Gasteiger partial charge in [-0.25, -0.2) is 4.79 Å². The lowest BCUT2D eigenvalue weighted by atomic mass is 10.0. The van der Waals surface area contributed by atoms with Gasteiger partial charge in [-0.05, 0) is 53.4 Å². The molecule has 38 heavy (non-hydrogen) atoms. The van der Waals surface area contributed by atoms with Gasteiger partial charge in [0.2, 0.25) is 6.79 Å². The second kappa shape index (κ2) is 12.9. The number of thiophene rings is 2. The molecule has 4 rings (SSSR count). The Balaban J connectivity index is 1.60. The number of aldehydes is 1. The highest BCUT2D eigenvalue weighted by atomic mass is 32.1. The Hall–Kier alpha value is -3.41. The molecule has 2 atom stereocenters. The molecule has 1 aliphatic rings. The predicted octanol–water partition coefficient (Wildman–Crippen LogP) is 5.14. The highest BCUT2D eigenvalue weighted by Crippen LogP contribution is 2.35. The van der Waals surface area contributed by atoms with Gasteiger partial charge < -0.3 is 25.2 Å². The van der Waals surface area contributed by atoms with Crippen LogP contribution in [0.1, 0.15) is 54.0 Å². The average Bonchev–Trinajstić information content (AvgIpc) is 3.68. The van der Waals surface area contributed by atoms with Crippen molar-refractivity contribution in [2.75, 3.05) is 6.79 Å². The summed E-state index contributed by atoms with van der Waals surface area (Å²) in [5, 5.41) is 19.2. The van der Waals surface area contributed by atoms with E-state index in [1.54, 1.807) is 40.9 Å². The molecule has 2 amide bonds. The van der Waals surface area contributed by atoms with Crippen LogP contribution >= 0.6 is 22.7 Å². The monoisotopic (exact) mass is 557 g/mol. The average molecular weight is 558 g/mol. The number of rotatable bonds is 14. The van der Waals surface area contributed by atoms with Gasteiger partial charge in [0.1, 0.15) is 0 Å². The van der Waals surface area contributed by atoms with Crippen LogP contribution in [0.3, 0.4) is 0 Å². The summed E-state index contributed by atoms with van der Waals surface area (Å²) in [7, 11) is 0. The van der Waals surface area contributed by atoms with Crippen molar-refractivity contribution in [1.29, 1.82) is 0 Å².